The largest absolute Gasteiger partial charge is 0.409 e. The van der Waals surface area contributed by atoms with Gasteiger partial charge in [0.25, 0.3) is 0 Å². The molecule has 0 amide bonds. The fourth-order valence-corrected chi connectivity index (χ4v) is 4.11. The van der Waals surface area contributed by atoms with E-state index >= 15 is 0 Å². The average Bonchev–Trinajstić information content (AvgIpc) is 2.58. The van der Waals surface area contributed by atoms with E-state index in [-0.39, 0.29) is 16.9 Å². The van der Waals surface area contributed by atoms with E-state index in [0.29, 0.717) is 0 Å². The summed E-state index contributed by atoms with van der Waals surface area (Å²) in [7, 11) is -1.95. The lowest BCUT2D eigenvalue weighted by atomic mass is 9.82. The van der Waals surface area contributed by atoms with Crippen molar-refractivity contribution in [3.05, 3.63) is 23.8 Å². The van der Waals surface area contributed by atoms with Gasteiger partial charge in [-0.3, -0.25) is 4.79 Å². The van der Waals surface area contributed by atoms with Crippen molar-refractivity contribution >= 4 is 14.1 Å². The lowest BCUT2D eigenvalue weighted by Crippen LogP contribution is -2.48. The molecule has 1 aliphatic rings. The fraction of sp³-hybridized carbons (Fsp3) is 0.737. The zero-order valence-corrected chi connectivity index (χ0v) is 16.8. The predicted octanol–water partition coefficient (Wildman–Crippen LogP) is 5.66. The molecule has 1 aliphatic carbocycles. The molecular formula is C19H34O2Si. The lowest BCUT2D eigenvalue weighted by Gasteiger charge is -2.42. The highest BCUT2D eigenvalue weighted by Gasteiger charge is 2.52. The first kappa shape index (κ1) is 19.4. The average molecular weight is 323 g/mol. The van der Waals surface area contributed by atoms with Gasteiger partial charge in [-0.25, -0.2) is 0 Å². The second-order valence-corrected chi connectivity index (χ2v) is 13.1. The number of Topliss-reactive ketones (excluding diaryl/α,β-unsaturated/α-hetero) is 1. The molecule has 0 aromatic rings. The molecule has 0 spiro atoms. The molecule has 0 saturated heterocycles. The van der Waals surface area contributed by atoms with Crippen molar-refractivity contribution in [3.8, 4) is 0 Å². The van der Waals surface area contributed by atoms with Crippen LogP contribution in [0.3, 0.4) is 0 Å². The quantitative estimate of drug-likeness (QED) is 0.466. The van der Waals surface area contributed by atoms with Crippen LogP contribution in [0.15, 0.2) is 23.8 Å². The highest BCUT2D eigenvalue weighted by Crippen LogP contribution is 2.47. The second kappa shape index (κ2) is 6.44. The summed E-state index contributed by atoms with van der Waals surface area (Å²) in [5, 5.41) is 0.129. The van der Waals surface area contributed by atoms with Gasteiger partial charge in [0.15, 0.2) is 14.1 Å². The maximum absolute atomic E-state index is 12.8. The number of hydrogen-bond acceptors (Lipinski definition) is 2. The third-order valence-electron chi connectivity index (χ3n) is 5.62. The van der Waals surface area contributed by atoms with Crippen molar-refractivity contribution in [2.45, 2.75) is 85.0 Å². The van der Waals surface area contributed by atoms with Crippen LogP contribution in [0.5, 0.6) is 0 Å². The smallest absolute Gasteiger partial charge is 0.192 e. The van der Waals surface area contributed by atoms with Gasteiger partial charge in [0.2, 0.25) is 0 Å². The SMILES string of the molecule is C=C[C@]1(C)C(=O)C(C)=C(CCCC)[C@H]1O[Si](C)(C)C(C)(C)C. The Morgan fingerprint density at radius 1 is 1.36 bits per heavy atom. The summed E-state index contributed by atoms with van der Waals surface area (Å²) in [6.07, 6.45) is 4.85. The first-order valence-electron chi connectivity index (χ1n) is 8.48. The van der Waals surface area contributed by atoms with Crippen LogP contribution in [0.25, 0.3) is 0 Å². The monoisotopic (exact) mass is 322 g/mol. The van der Waals surface area contributed by atoms with Crippen LogP contribution in [0.2, 0.25) is 18.1 Å². The molecule has 2 atom stereocenters. The molecule has 0 radical (unpaired) electrons. The molecular weight excluding hydrogens is 288 g/mol. The number of ketones is 1. The van der Waals surface area contributed by atoms with Gasteiger partial charge < -0.3 is 4.43 Å². The van der Waals surface area contributed by atoms with E-state index in [1.807, 2.05) is 13.8 Å². The van der Waals surface area contributed by atoms with Crippen LogP contribution in [0.1, 0.15) is 60.8 Å². The summed E-state index contributed by atoms with van der Waals surface area (Å²) in [4.78, 5) is 12.8. The fourth-order valence-electron chi connectivity index (χ4n) is 2.78. The molecule has 1 rings (SSSR count). The molecule has 0 N–H and O–H groups in total. The van der Waals surface area contributed by atoms with E-state index in [1.165, 1.54) is 5.57 Å². The van der Waals surface area contributed by atoms with Gasteiger partial charge in [-0.1, -0.05) is 40.2 Å². The number of rotatable bonds is 6. The molecule has 0 aromatic heterocycles. The van der Waals surface area contributed by atoms with E-state index in [4.69, 9.17) is 4.43 Å². The molecule has 0 aromatic carbocycles. The number of hydrogen-bond donors (Lipinski definition) is 0. The van der Waals surface area contributed by atoms with Gasteiger partial charge in [0.05, 0.1) is 11.5 Å². The van der Waals surface area contributed by atoms with E-state index in [2.05, 4.69) is 47.4 Å². The Labute approximate surface area is 138 Å². The summed E-state index contributed by atoms with van der Waals surface area (Å²) >= 11 is 0. The number of unbranched alkanes of at least 4 members (excludes halogenated alkanes) is 1. The van der Waals surface area contributed by atoms with Crippen LogP contribution in [0.4, 0.5) is 0 Å². The van der Waals surface area contributed by atoms with Crippen LogP contribution in [0, 0.1) is 5.41 Å². The Balaban J connectivity index is 3.25. The first-order valence-corrected chi connectivity index (χ1v) is 11.4. The molecule has 0 heterocycles. The Bertz CT molecular complexity index is 482. The van der Waals surface area contributed by atoms with Crippen LogP contribution in [-0.4, -0.2) is 20.2 Å². The van der Waals surface area contributed by atoms with Gasteiger partial charge in [0.1, 0.15) is 0 Å². The van der Waals surface area contributed by atoms with Crippen molar-refractivity contribution < 1.29 is 9.22 Å². The minimum atomic E-state index is -1.95. The molecule has 0 fully saturated rings. The molecule has 0 unspecified atom stereocenters. The Kier molecular flexibility index (Phi) is 5.67. The normalized spacial score (nSPS) is 26.7. The highest BCUT2D eigenvalue weighted by atomic mass is 28.4. The Hall–Kier alpha value is -0.673. The maximum atomic E-state index is 12.8. The highest BCUT2D eigenvalue weighted by molar-refractivity contribution is 6.74. The van der Waals surface area contributed by atoms with E-state index < -0.39 is 13.7 Å². The minimum absolute atomic E-state index is 0.129. The Morgan fingerprint density at radius 2 is 1.91 bits per heavy atom. The van der Waals surface area contributed by atoms with Gasteiger partial charge in [-0.15, -0.1) is 6.58 Å². The van der Waals surface area contributed by atoms with Crippen molar-refractivity contribution in [2.24, 2.45) is 5.41 Å². The van der Waals surface area contributed by atoms with Crippen LogP contribution in [-0.2, 0) is 9.22 Å². The van der Waals surface area contributed by atoms with Crippen LogP contribution < -0.4 is 0 Å². The van der Waals surface area contributed by atoms with Crippen molar-refractivity contribution in [3.63, 3.8) is 0 Å². The predicted molar refractivity (Wildman–Crippen MR) is 97.6 cm³/mol. The Morgan fingerprint density at radius 3 is 2.32 bits per heavy atom. The molecule has 0 aliphatic heterocycles. The van der Waals surface area contributed by atoms with Crippen molar-refractivity contribution in [1.29, 1.82) is 0 Å². The zero-order valence-electron chi connectivity index (χ0n) is 15.8. The van der Waals surface area contributed by atoms with E-state index in [9.17, 15) is 4.79 Å². The molecule has 0 saturated carbocycles. The van der Waals surface area contributed by atoms with Gasteiger partial charge >= 0.3 is 0 Å². The summed E-state index contributed by atoms with van der Waals surface area (Å²) in [6.45, 7) is 21.3. The van der Waals surface area contributed by atoms with Gasteiger partial charge in [0, 0.05) is 0 Å². The molecule has 22 heavy (non-hydrogen) atoms. The maximum Gasteiger partial charge on any atom is 0.192 e. The topological polar surface area (TPSA) is 26.3 Å². The first-order chi connectivity index (χ1) is 9.92. The summed E-state index contributed by atoms with van der Waals surface area (Å²) in [6, 6.07) is 0. The number of carbonyl (C=O) groups is 1. The zero-order chi connectivity index (χ0) is 17.3. The molecule has 3 heteroatoms. The second-order valence-electron chi connectivity index (χ2n) is 8.33. The third-order valence-corrected chi connectivity index (χ3v) is 10.1. The third kappa shape index (κ3) is 3.30. The van der Waals surface area contributed by atoms with Crippen molar-refractivity contribution in [1.82, 2.24) is 0 Å². The van der Waals surface area contributed by atoms with Crippen molar-refractivity contribution in [2.75, 3.05) is 0 Å². The van der Waals surface area contributed by atoms with Crippen LogP contribution >= 0.6 is 0 Å². The molecule has 0 bridgehead atoms. The summed E-state index contributed by atoms with van der Waals surface area (Å²) in [5.74, 6) is 0.192. The van der Waals surface area contributed by atoms with Gasteiger partial charge in [-0.2, -0.15) is 0 Å². The van der Waals surface area contributed by atoms with E-state index in [1.54, 1.807) is 6.08 Å². The van der Waals surface area contributed by atoms with E-state index in [0.717, 1.165) is 24.8 Å². The lowest BCUT2D eigenvalue weighted by molar-refractivity contribution is -0.123. The van der Waals surface area contributed by atoms with Gasteiger partial charge in [-0.05, 0) is 56.0 Å². The summed E-state index contributed by atoms with van der Waals surface area (Å²) < 4.78 is 6.71. The summed E-state index contributed by atoms with van der Waals surface area (Å²) in [5.41, 5.74) is 1.50. The standard InChI is InChI=1S/C19H34O2Si/c1-10-12-13-15-14(3)16(20)19(7,11-2)17(15)21-22(8,9)18(4,5)6/h11,17H,2,10,12-13H2,1,3-9H3/t17-,19-/m1/s1. The molecule has 2 nitrogen and oxygen atoms in total. The number of allylic oxidation sites excluding steroid dienone is 1. The molecule has 126 valence electrons. The number of carbonyl (C=O) groups excluding carboxylic acids is 1. The minimum Gasteiger partial charge on any atom is -0.409 e.